The zero-order chi connectivity index (χ0) is 12.0. The average molecular weight is 222 g/mol. The summed E-state index contributed by atoms with van der Waals surface area (Å²) in [6.45, 7) is 4.44. The number of nitrogen functional groups attached to an aromatic ring is 1. The standard InChI is InChI=1S/C12H22N4/c1-9(2)3-4-11(16-14)7-10-5-6-15-12(13)8-10/h5-6,8-9,11,16H,3-4,7,14H2,1-2H3,(H2,13,15). The van der Waals surface area contributed by atoms with Crippen LogP contribution in [0.3, 0.4) is 0 Å². The molecule has 0 radical (unpaired) electrons. The van der Waals surface area contributed by atoms with Gasteiger partial charge in [0.25, 0.3) is 0 Å². The summed E-state index contributed by atoms with van der Waals surface area (Å²) in [6, 6.07) is 4.19. The minimum atomic E-state index is 0.309. The quantitative estimate of drug-likeness (QED) is 0.503. The molecule has 1 atom stereocenters. The van der Waals surface area contributed by atoms with Gasteiger partial charge in [-0.3, -0.25) is 11.3 Å². The van der Waals surface area contributed by atoms with E-state index < -0.39 is 0 Å². The summed E-state index contributed by atoms with van der Waals surface area (Å²) < 4.78 is 0. The molecule has 5 N–H and O–H groups in total. The van der Waals surface area contributed by atoms with Crippen LogP contribution in [-0.2, 0) is 6.42 Å². The monoisotopic (exact) mass is 222 g/mol. The van der Waals surface area contributed by atoms with Gasteiger partial charge in [0.1, 0.15) is 5.82 Å². The molecule has 0 spiro atoms. The van der Waals surface area contributed by atoms with Gasteiger partial charge < -0.3 is 5.73 Å². The minimum Gasteiger partial charge on any atom is -0.384 e. The smallest absolute Gasteiger partial charge is 0.123 e. The predicted octanol–water partition coefficient (Wildman–Crippen LogP) is 1.47. The molecule has 0 aliphatic heterocycles. The number of aromatic nitrogens is 1. The van der Waals surface area contributed by atoms with Crippen LogP contribution in [0.5, 0.6) is 0 Å². The molecule has 0 saturated carbocycles. The van der Waals surface area contributed by atoms with E-state index in [-0.39, 0.29) is 0 Å². The number of rotatable bonds is 6. The second kappa shape index (κ2) is 6.45. The molecule has 0 saturated heterocycles. The summed E-state index contributed by atoms with van der Waals surface area (Å²) in [4.78, 5) is 3.97. The molecule has 4 heteroatoms. The Kier molecular flexibility index (Phi) is 5.22. The van der Waals surface area contributed by atoms with Gasteiger partial charge in [0, 0.05) is 12.2 Å². The van der Waals surface area contributed by atoms with Gasteiger partial charge in [0.05, 0.1) is 0 Å². The zero-order valence-corrected chi connectivity index (χ0v) is 10.1. The second-order valence-corrected chi connectivity index (χ2v) is 4.63. The van der Waals surface area contributed by atoms with Gasteiger partial charge >= 0.3 is 0 Å². The molecule has 1 aromatic heterocycles. The van der Waals surface area contributed by atoms with Crippen LogP contribution in [0.2, 0.25) is 0 Å². The Balaban J connectivity index is 2.49. The molecular formula is C12H22N4. The molecular weight excluding hydrogens is 200 g/mol. The van der Waals surface area contributed by atoms with Crippen molar-refractivity contribution in [3.8, 4) is 0 Å². The first-order chi connectivity index (χ1) is 7.61. The van der Waals surface area contributed by atoms with E-state index in [0.29, 0.717) is 17.8 Å². The van der Waals surface area contributed by atoms with Crippen molar-refractivity contribution >= 4 is 5.82 Å². The Labute approximate surface area is 97.4 Å². The molecule has 4 nitrogen and oxygen atoms in total. The number of anilines is 1. The first-order valence-electron chi connectivity index (χ1n) is 5.78. The Morgan fingerprint density at radius 1 is 1.38 bits per heavy atom. The van der Waals surface area contributed by atoms with E-state index in [1.807, 2.05) is 12.1 Å². The van der Waals surface area contributed by atoms with Gasteiger partial charge in [-0.25, -0.2) is 4.98 Å². The maximum Gasteiger partial charge on any atom is 0.123 e. The molecule has 0 aliphatic rings. The lowest BCUT2D eigenvalue weighted by molar-refractivity contribution is 0.434. The first kappa shape index (κ1) is 12.9. The molecule has 1 unspecified atom stereocenters. The van der Waals surface area contributed by atoms with Crippen LogP contribution in [0.4, 0.5) is 5.82 Å². The molecule has 90 valence electrons. The third-order valence-electron chi connectivity index (χ3n) is 2.66. The summed E-state index contributed by atoms with van der Waals surface area (Å²) >= 11 is 0. The lowest BCUT2D eigenvalue weighted by Gasteiger charge is -2.17. The van der Waals surface area contributed by atoms with Crippen LogP contribution in [0.1, 0.15) is 32.3 Å². The van der Waals surface area contributed by atoms with E-state index in [2.05, 4.69) is 24.3 Å². The normalized spacial score (nSPS) is 13.0. The fourth-order valence-electron chi connectivity index (χ4n) is 1.68. The van der Waals surface area contributed by atoms with Gasteiger partial charge in [-0.15, -0.1) is 0 Å². The summed E-state index contributed by atoms with van der Waals surface area (Å²) in [5.74, 6) is 6.82. The SMILES string of the molecule is CC(C)CCC(Cc1ccnc(N)c1)NN. The fourth-order valence-corrected chi connectivity index (χ4v) is 1.68. The highest BCUT2D eigenvalue weighted by atomic mass is 15.2. The van der Waals surface area contributed by atoms with Crippen molar-refractivity contribution in [2.45, 2.75) is 39.2 Å². The largest absolute Gasteiger partial charge is 0.384 e. The molecule has 0 amide bonds. The summed E-state index contributed by atoms with van der Waals surface area (Å²) in [5.41, 5.74) is 9.68. The molecule has 0 aromatic carbocycles. The molecule has 16 heavy (non-hydrogen) atoms. The predicted molar refractivity (Wildman–Crippen MR) is 67.5 cm³/mol. The highest BCUT2D eigenvalue weighted by Crippen LogP contribution is 2.12. The van der Waals surface area contributed by atoms with E-state index in [9.17, 15) is 0 Å². The number of hydrogen-bond acceptors (Lipinski definition) is 4. The van der Waals surface area contributed by atoms with Gasteiger partial charge in [0.2, 0.25) is 0 Å². The van der Waals surface area contributed by atoms with E-state index in [4.69, 9.17) is 11.6 Å². The third kappa shape index (κ3) is 4.59. The highest BCUT2D eigenvalue weighted by molar-refractivity contribution is 5.32. The number of pyridine rings is 1. The zero-order valence-electron chi connectivity index (χ0n) is 10.1. The first-order valence-corrected chi connectivity index (χ1v) is 5.78. The Bertz CT molecular complexity index is 312. The molecule has 0 bridgehead atoms. The highest BCUT2D eigenvalue weighted by Gasteiger charge is 2.08. The minimum absolute atomic E-state index is 0.309. The number of nitrogens with one attached hydrogen (secondary N) is 1. The van der Waals surface area contributed by atoms with Gasteiger partial charge in [-0.2, -0.15) is 0 Å². The van der Waals surface area contributed by atoms with Crippen molar-refractivity contribution in [2.24, 2.45) is 11.8 Å². The lowest BCUT2D eigenvalue weighted by Crippen LogP contribution is -2.37. The van der Waals surface area contributed by atoms with Crippen LogP contribution < -0.4 is 17.0 Å². The maximum atomic E-state index is 5.64. The number of hydrazine groups is 1. The van der Waals surface area contributed by atoms with Gasteiger partial charge in [-0.05, 0) is 42.9 Å². The van der Waals surface area contributed by atoms with Crippen molar-refractivity contribution in [3.63, 3.8) is 0 Å². The van der Waals surface area contributed by atoms with Crippen LogP contribution in [-0.4, -0.2) is 11.0 Å². The van der Waals surface area contributed by atoms with Crippen molar-refractivity contribution in [1.82, 2.24) is 10.4 Å². The third-order valence-corrected chi connectivity index (χ3v) is 2.66. The molecule has 1 aromatic rings. The number of nitrogens with zero attached hydrogens (tertiary/aromatic N) is 1. The maximum absolute atomic E-state index is 5.64. The van der Waals surface area contributed by atoms with Crippen molar-refractivity contribution < 1.29 is 0 Å². The molecule has 0 aliphatic carbocycles. The Morgan fingerprint density at radius 3 is 2.69 bits per heavy atom. The van der Waals surface area contributed by atoms with E-state index in [1.165, 1.54) is 12.0 Å². The van der Waals surface area contributed by atoms with Crippen molar-refractivity contribution in [1.29, 1.82) is 0 Å². The summed E-state index contributed by atoms with van der Waals surface area (Å²) in [6.07, 6.45) is 4.89. The van der Waals surface area contributed by atoms with E-state index >= 15 is 0 Å². The Hall–Kier alpha value is -1.13. The summed E-state index contributed by atoms with van der Waals surface area (Å²) in [7, 11) is 0. The summed E-state index contributed by atoms with van der Waals surface area (Å²) in [5, 5.41) is 0. The van der Waals surface area contributed by atoms with Crippen molar-refractivity contribution in [3.05, 3.63) is 23.9 Å². The number of nitrogens with two attached hydrogens (primary N) is 2. The molecule has 1 rings (SSSR count). The Morgan fingerprint density at radius 2 is 2.12 bits per heavy atom. The van der Waals surface area contributed by atoms with E-state index in [0.717, 1.165) is 12.8 Å². The van der Waals surface area contributed by atoms with Crippen molar-refractivity contribution in [2.75, 3.05) is 5.73 Å². The second-order valence-electron chi connectivity index (χ2n) is 4.63. The van der Waals surface area contributed by atoms with Gasteiger partial charge in [-0.1, -0.05) is 13.8 Å². The average Bonchev–Trinajstić information content (AvgIpc) is 2.24. The van der Waals surface area contributed by atoms with Gasteiger partial charge in [0.15, 0.2) is 0 Å². The number of hydrogen-bond donors (Lipinski definition) is 3. The van der Waals surface area contributed by atoms with Crippen LogP contribution >= 0.6 is 0 Å². The fraction of sp³-hybridized carbons (Fsp3) is 0.583. The van der Waals surface area contributed by atoms with Crippen LogP contribution in [0, 0.1) is 5.92 Å². The topological polar surface area (TPSA) is 77.0 Å². The van der Waals surface area contributed by atoms with Crippen LogP contribution in [0.15, 0.2) is 18.3 Å². The molecule has 1 heterocycles. The lowest BCUT2D eigenvalue weighted by atomic mass is 9.99. The molecule has 0 fully saturated rings. The van der Waals surface area contributed by atoms with Crippen LogP contribution in [0.25, 0.3) is 0 Å². The van der Waals surface area contributed by atoms with E-state index in [1.54, 1.807) is 6.20 Å².